The summed E-state index contributed by atoms with van der Waals surface area (Å²) in [5.74, 6) is 2.22. The molecule has 0 saturated heterocycles. The Morgan fingerprint density at radius 2 is 1.76 bits per heavy atom. The molecular formula is C16H20O. The topological polar surface area (TPSA) is 17.1 Å². The van der Waals surface area contributed by atoms with E-state index in [1.54, 1.807) is 0 Å². The molecule has 0 radical (unpaired) electrons. The highest BCUT2D eigenvalue weighted by Crippen LogP contribution is 2.56. The Labute approximate surface area is 103 Å². The molecular weight excluding hydrogens is 208 g/mol. The van der Waals surface area contributed by atoms with Crippen LogP contribution in [0.2, 0.25) is 0 Å². The number of fused-ring (bicyclic) bond motifs is 1. The molecule has 90 valence electrons. The van der Waals surface area contributed by atoms with Gasteiger partial charge < -0.3 is 0 Å². The third-order valence-electron chi connectivity index (χ3n) is 4.62. The van der Waals surface area contributed by atoms with Gasteiger partial charge in [-0.05, 0) is 50.2 Å². The molecule has 2 aliphatic rings. The minimum Gasteiger partial charge on any atom is -0.294 e. The van der Waals surface area contributed by atoms with Crippen molar-refractivity contribution in [1.82, 2.24) is 0 Å². The second-order valence-electron chi connectivity index (χ2n) is 5.82. The number of hydrogen-bond acceptors (Lipinski definition) is 1. The van der Waals surface area contributed by atoms with E-state index >= 15 is 0 Å². The molecule has 2 fully saturated rings. The van der Waals surface area contributed by atoms with E-state index in [2.05, 4.69) is 32.0 Å². The van der Waals surface area contributed by atoms with Gasteiger partial charge in [0.25, 0.3) is 0 Å². The third kappa shape index (κ3) is 1.82. The lowest BCUT2D eigenvalue weighted by Gasteiger charge is -2.05. The van der Waals surface area contributed by atoms with Gasteiger partial charge in [-0.1, -0.05) is 30.5 Å². The van der Waals surface area contributed by atoms with Gasteiger partial charge in [-0.25, -0.2) is 0 Å². The number of carbonyl (C=O) groups is 1. The van der Waals surface area contributed by atoms with Gasteiger partial charge in [-0.15, -0.1) is 0 Å². The maximum absolute atomic E-state index is 12.5. The van der Waals surface area contributed by atoms with E-state index in [4.69, 9.17) is 0 Å². The Bertz CT molecular complexity index is 449. The van der Waals surface area contributed by atoms with Crippen LogP contribution >= 0.6 is 0 Å². The molecule has 2 aliphatic carbocycles. The first-order valence-electron chi connectivity index (χ1n) is 6.80. The molecule has 0 aliphatic heterocycles. The molecule has 3 rings (SSSR count). The van der Waals surface area contributed by atoms with Crippen LogP contribution < -0.4 is 0 Å². The predicted molar refractivity (Wildman–Crippen MR) is 69.2 cm³/mol. The van der Waals surface area contributed by atoms with E-state index < -0.39 is 0 Å². The monoisotopic (exact) mass is 228 g/mol. The van der Waals surface area contributed by atoms with E-state index in [9.17, 15) is 4.79 Å². The summed E-state index contributed by atoms with van der Waals surface area (Å²) in [5, 5.41) is 0. The maximum atomic E-state index is 12.5. The molecule has 0 bridgehead atoms. The number of hydrogen-bond donors (Lipinski definition) is 0. The van der Waals surface area contributed by atoms with Crippen LogP contribution in [-0.4, -0.2) is 5.78 Å². The Morgan fingerprint density at radius 1 is 1.12 bits per heavy atom. The first-order valence-corrected chi connectivity index (χ1v) is 6.80. The van der Waals surface area contributed by atoms with Gasteiger partial charge in [-0.3, -0.25) is 4.79 Å². The number of benzene rings is 1. The van der Waals surface area contributed by atoms with Crippen molar-refractivity contribution in [2.24, 2.45) is 17.8 Å². The molecule has 1 aromatic carbocycles. The summed E-state index contributed by atoms with van der Waals surface area (Å²) < 4.78 is 0. The molecule has 1 aromatic rings. The van der Waals surface area contributed by atoms with Crippen LogP contribution in [0.3, 0.4) is 0 Å². The van der Waals surface area contributed by atoms with Crippen molar-refractivity contribution in [2.75, 3.05) is 0 Å². The molecule has 0 heterocycles. The molecule has 2 atom stereocenters. The average molecular weight is 228 g/mol. The van der Waals surface area contributed by atoms with Gasteiger partial charge in [0.15, 0.2) is 5.78 Å². The highest BCUT2D eigenvalue weighted by atomic mass is 16.1. The smallest absolute Gasteiger partial charge is 0.166 e. The van der Waals surface area contributed by atoms with Crippen molar-refractivity contribution in [3.8, 4) is 0 Å². The molecule has 0 aromatic heterocycles. The first-order chi connectivity index (χ1) is 8.18. The molecule has 0 amide bonds. The van der Waals surface area contributed by atoms with Crippen LogP contribution in [0, 0.1) is 31.6 Å². The van der Waals surface area contributed by atoms with Crippen molar-refractivity contribution in [1.29, 1.82) is 0 Å². The molecule has 0 spiro atoms. The van der Waals surface area contributed by atoms with Crippen molar-refractivity contribution in [2.45, 2.75) is 39.5 Å². The number of carbonyl (C=O) groups excluding carboxylic acids is 1. The fraction of sp³-hybridized carbons (Fsp3) is 0.562. The average Bonchev–Trinajstić information content (AvgIpc) is 3.05. The molecule has 0 N–H and O–H groups in total. The number of Topliss-reactive ketones (excluding diaryl/α,β-unsaturated/α-hetero) is 1. The summed E-state index contributed by atoms with van der Waals surface area (Å²) in [6.45, 7) is 4.12. The zero-order valence-corrected chi connectivity index (χ0v) is 10.7. The lowest BCUT2D eigenvalue weighted by Crippen LogP contribution is -2.06. The second kappa shape index (κ2) is 3.97. The lowest BCUT2D eigenvalue weighted by molar-refractivity contribution is 0.0955. The number of aryl methyl sites for hydroxylation is 2. The second-order valence-corrected chi connectivity index (χ2v) is 5.82. The minimum absolute atomic E-state index is 0.359. The summed E-state index contributed by atoms with van der Waals surface area (Å²) in [7, 11) is 0. The fourth-order valence-corrected chi connectivity index (χ4v) is 3.56. The van der Waals surface area contributed by atoms with E-state index in [1.807, 2.05) is 0 Å². The van der Waals surface area contributed by atoms with Crippen molar-refractivity contribution in [3.05, 3.63) is 34.9 Å². The highest BCUT2D eigenvalue weighted by molar-refractivity contribution is 6.01. The largest absolute Gasteiger partial charge is 0.294 e. The Kier molecular flexibility index (Phi) is 2.57. The molecule has 1 heteroatoms. The fourth-order valence-electron chi connectivity index (χ4n) is 3.56. The number of ketones is 1. The zero-order valence-electron chi connectivity index (χ0n) is 10.7. The molecule has 2 saturated carbocycles. The van der Waals surface area contributed by atoms with Crippen LogP contribution in [0.4, 0.5) is 0 Å². The van der Waals surface area contributed by atoms with Gasteiger partial charge in [0.1, 0.15) is 0 Å². The van der Waals surface area contributed by atoms with Crippen molar-refractivity contribution < 1.29 is 4.79 Å². The normalized spacial score (nSPS) is 30.8. The van der Waals surface area contributed by atoms with Crippen LogP contribution in [0.25, 0.3) is 0 Å². The van der Waals surface area contributed by atoms with E-state index in [1.165, 1.54) is 31.2 Å². The SMILES string of the molecule is Cc1ccc(C)c(C(=O)C2C3CCCCC32)c1. The standard InChI is InChI=1S/C16H20O/c1-10-7-8-11(2)14(9-10)16(17)15-12-5-3-4-6-13(12)15/h7-9,12-13,15H,3-6H2,1-2H3. The lowest BCUT2D eigenvalue weighted by atomic mass is 9.98. The van der Waals surface area contributed by atoms with E-state index in [0.717, 1.165) is 23.0 Å². The summed E-state index contributed by atoms with van der Waals surface area (Å²) >= 11 is 0. The molecule has 2 unspecified atom stereocenters. The Balaban J connectivity index is 1.85. The van der Waals surface area contributed by atoms with Gasteiger partial charge >= 0.3 is 0 Å². The summed E-state index contributed by atoms with van der Waals surface area (Å²) in [6.07, 6.45) is 5.23. The summed E-state index contributed by atoms with van der Waals surface area (Å²) in [4.78, 5) is 12.5. The van der Waals surface area contributed by atoms with Crippen molar-refractivity contribution in [3.63, 3.8) is 0 Å². The van der Waals surface area contributed by atoms with E-state index in [-0.39, 0.29) is 0 Å². The third-order valence-corrected chi connectivity index (χ3v) is 4.62. The first kappa shape index (κ1) is 11.0. The zero-order chi connectivity index (χ0) is 12.0. The van der Waals surface area contributed by atoms with Crippen LogP contribution in [-0.2, 0) is 0 Å². The molecule has 17 heavy (non-hydrogen) atoms. The van der Waals surface area contributed by atoms with Crippen molar-refractivity contribution >= 4 is 5.78 Å². The van der Waals surface area contributed by atoms with Gasteiger partial charge in [-0.2, -0.15) is 0 Å². The predicted octanol–water partition coefficient (Wildman–Crippen LogP) is 3.92. The van der Waals surface area contributed by atoms with Crippen LogP contribution in [0.5, 0.6) is 0 Å². The maximum Gasteiger partial charge on any atom is 0.166 e. The van der Waals surface area contributed by atoms with E-state index in [0.29, 0.717) is 11.7 Å². The van der Waals surface area contributed by atoms with Gasteiger partial charge in [0.2, 0.25) is 0 Å². The summed E-state index contributed by atoms with van der Waals surface area (Å²) in [6, 6.07) is 6.24. The van der Waals surface area contributed by atoms with Gasteiger partial charge in [0.05, 0.1) is 0 Å². The molecule has 1 nitrogen and oxygen atoms in total. The Hall–Kier alpha value is -1.11. The minimum atomic E-state index is 0.359. The Morgan fingerprint density at radius 3 is 2.41 bits per heavy atom. The van der Waals surface area contributed by atoms with Gasteiger partial charge in [0, 0.05) is 11.5 Å². The number of rotatable bonds is 2. The highest BCUT2D eigenvalue weighted by Gasteiger charge is 2.54. The van der Waals surface area contributed by atoms with Crippen LogP contribution in [0.15, 0.2) is 18.2 Å². The van der Waals surface area contributed by atoms with Crippen LogP contribution in [0.1, 0.15) is 47.2 Å². The quantitative estimate of drug-likeness (QED) is 0.701. The summed E-state index contributed by atoms with van der Waals surface area (Å²) in [5.41, 5.74) is 3.32.